The number of nitrogens with two attached hydrogens (primary N) is 1. The molecule has 0 saturated heterocycles. The Labute approximate surface area is 125 Å². The predicted octanol–water partition coefficient (Wildman–Crippen LogP) is 0.978. The molecule has 1 aromatic carbocycles. The molecule has 0 aromatic heterocycles. The fraction of sp³-hybridized carbons (Fsp3) is 0.500. The molecular weight excluding hydrogens is 292 g/mol. The number of benzene rings is 1. The molecule has 0 aliphatic carbocycles. The zero-order chi connectivity index (χ0) is 16.4. The summed E-state index contributed by atoms with van der Waals surface area (Å²) < 4.78 is 28.4. The molecule has 0 atom stereocenters. The van der Waals surface area contributed by atoms with Crippen molar-refractivity contribution in [3.8, 4) is 0 Å². The second-order valence-electron chi connectivity index (χ2n) is 5.10. The average molecular weight is 314 g/mol. The monoisotopic (exact) mass is 314 g/mol. The normalized spacial score (nSPS) is 11.5. The second-order valence-corrected chi connectivity index (χ2v) is 6.60. The average Bonchev–Trinajstić information content (AvgIpc) is 2.32. The predicted molar refractivity (Wildman–Crippen MR) is 80.9 cm³/mol. The number of amides is 1. The van der Waals surface area contributed by atoms with Crippen LogP contribution < -0.4 is 5.14 Å². The SMILES string of the molecule is COCCN(C)C(=O)c1c(C)cc(C)c(S(N)(=O)=O)c1C. The van der Waals surface area contributed by atoms with Gasteiger partial charge >= 0.3 is 0 Å². The first kappa shape index (κ1) is 17.6. The number of primary sulfonamides is 1. The Morgan fingerprint density at radius 1 is 1.29 bits per heavy atom. The van der Waals surface area contributed by atoms with Gasteiger partial charge in [-0.15, -0.1) is 0 Å². The number of sulfonamides is 1. The number of likely N-dealkylation sites (N-methyl/N-ethyl adjacent to an activating group) is 1. The Kier molecular flexibility index (Phi) is 5.49. The van der Waals surface area contributed by atoms with Gasteiger partial charge in [-0.05, 0) is 37.5 Å². The standard InChI is InChI=1S/C14H22N2O4S/c1-9-8-10(2)13(21(15,18)19)11(3)12(9)14(17)16(4)6-7-20-5/h8H,6-7H2,1-5H3,(H2,15,18,19). The Hall–Kier alpha value is -1.44. The highest BCUT2D eigenvalue weighted by atomic mass is 32.2. The molecule has 0 heterocycles. The zero-order valence-electron chi connectivity index (χ0n) is 13.1. The number of carbonyl (C=O) groups is 1. The van der Waals surface area contributed by atoms with E-state index < -0.39 is 10.0 Å². The number of carbonyl (C=O) groups excluding carboxylic acids is 1. The highest BCUT2D eigenvalue weighted by Gasteiger charge is 2.24. The van der Waals surface area contributed by atoms with Crippen molar-refractivity contribution in [2.45, 2.75) is 25.7 Å². The smallest absolute Gasteiger partial charge is 0.254 e. The van der Waals surface area contributed by atoms with Crippen molar-refractivity contribution in [2.24, 2.45) is 5.14 Å². The number of hydrogen-bond acceptors (Lipinski definition) is 4. The van der Waals surface area contributed by atoms with E-state index in [-0.39, 0.29) is 10.8 Å². The van der Waals surface area contributed by atoms with Crippen molar-refractivity contribution in [1.29, 1.82) is 0 Å². The highest BCUT2D eigenvalue weighted by molar-refractivity contribution is 7.89. The van der Waals surface area contributed by atoms with Crippen LogP contribution in [0.5, 0.6) is 0 Å². The molecular formula is C14H22N2O4S. The largest absolute Gasteiger partial charge is 0.383 e. The topological polar surface area (TPSA) is 89.7 Å². The first-order valence-electron chi connectivity index (χ1n) is 6.49. The Morgan fingerprint density at radius 3 is 2.33 bits per heavy atom. The molecule has 1 aromatic rings. The van der Waals surface area contributed by atoms with E-state index in [1.165, 1.54) is 4.90 Å². The Balaban J connectivity index is 3.41. The third kappa shape index (κ3) is 3.81. The van der Waals surface area contributed by atoms with Crippen LogP contribution in [0, 0.1) is 20.8 Å². The highest BCUT2D eigenvalue weighted by Crippen LogP contribution is 2.26. The van der Waals surface area contributed by atoms with Crippen LogP contribution in [0.15, 0.2) is 11.0 Å². The van der Waals surface area contributed by atoms with E-state index in [9.17, 15) is 13.2 Å². The molecule has 21 heavy (non-hydrogen) atoms. The molecule has 0 aliphatic heterocycles. The maximum absolute atomic E-state index is 12.5. The third-order valence-electron chi connectivity index (χ3n) is 3.38. The summed E-state index contributed by atoms with van der Waals surface area (Å²) in [5.41, 5.74) is 2.04. The minimum atomic E-state index is -3.88. The number of hydrogen-bond donors (Lipinski definition) is 1. The Bertz CT molecular complexity index is 653. The van der Waals surface area contributed by atoms with Crippen LogP contribution in [0.3, 0.4) is 0 Å². The Morgan fingerprint density at radius 2 is 1.86 bits per heavy atom. The first-order chi connectivity index (χ1) is 9.61. The fourth-order valence-electron chi connectivity index (χ4n) is 2.45. The summed E-state index contributed by atoms with van der Waals surface area (Å²) in [7, 11) is -0.670. The van der Waals surface area contributed by atoms with Crippen molar-refractivity contribution >= 4 is 15.9 Å². The molecule has 0 bridgehead atoms. The van der Waals surface area contributed by atoms with E-state index in [4.69, 9.17) is 9.88 Å². The van der Waals surface area contributed by atoms with Gasteiger partial charge in [0.2, 0.25) is 10.0 Å². The number of aryl methyl sites for hydroxylation is 2. The summed E-state index contributed by atoms with van der Waals surface area (Å²) >= 11 is 0. The van der Waals surface area contributed by atoms with E-state index >= 15 is 0 Å². The van der Waals surface area contributed by atoms with E-state index in [2.05, 4.69) is 0 Å². The van der Waals surface area contributed by atoms with Crippen LogP contribution in [0.25, 0.3) is 0 Å². The summed E-state index contributed by atoms with van der Waals surface area (Å²) in [5.74, 6) is -0.244. The van der Waals surface area contributed by atoms with Crippen molar-refractivity contribution < 1.29 is 17.9 Å². The molecule has 0 saturated carbocycles. The lowest BCUT2D eigenvalue weighted by Gasteiger charge is -2.21. The van der Waals surface area contributed by atoms with E-state index in [0.717, 1.165) is 5.56 Å². The van der Waals surface area contributed by atoms with Gasteiger partial charge in [-0.3, -0.25) is 4.79 Å². The van der Waals surface area contributed by atoms with Gasteiger partial charge in [-0.25, -0.2) is 13.6 Å². The van der Waals surface area contributed by atoms with E-state index in [0.29, 0.717) is 29.8 Å². The van der Waals surface area contributed by atoms with Crippen LogP contribution in [-0.4, -0.2) is 46.5 Å². The van der Waals surface area contributed by atoms with Gasteiger partial charge in [-0.2, -0.15) is 0 Å². The van der Waals surface area contributed by atoms with Crippen LogP contribution in [0.2, 0.25) is 0 Å². The first-order valence-corrected chi connectivity index (χ1v) is 8.03. The minimum Gasteiger partial charge on any atom is -0.383 e. The second kappa shape index (κ2) is 6.55. The van der Waals surface area contributed by atoms with Gasteiger partial charge in [0.1, 0.15) is 0 Å². The zero-order valence-corrected chi connectivity index (χ0v) is 13.9. The molecule has 2 N–H and O–H groups in total. The van der Waals surface area contributed by atoms with Crippen LogP contribution in [0.1, 0.15) is 27.0 Å². The molecule has 0 unspecified atom stereocenters. The lowest BCUT2D eigenvalue weighted by atomic mass is 9.98. The molecule has 118 valence electrons. The molecule has 1 amide bonds. The summed E-state index contributed by atoms with van der Waals surface area (Å²) in [6.45, 7) is 5.89. The number of nitrogens with zero attached hydrogens (tertiary/aromatic N) is 1. The van der Waals surface area contributed by atoms with Crippen LogP contribution in [0.4, 0.5) is 0 Å². The quantitative estimate of drug-likeness (QED) is 0.877. The fourth-order valence-corrected chi connectivity index (χ4v) is 3.49. The lowest BCUT2D eigenvalue weighted by Crippen LogP contribution is -2.31. The van der Waals surface area contributed by atoms with Gasteiger partial charge in [0.25, 0.3) is 5.91 Å². The van der Waals surface area contributed by atoms with Crippen LogP contribution in [-0.2, 0) is 14.8 Å². The van der Waals surface area contributed by atoms with Gasteiger partial charge in [-0.1, -0.05) is 6.07 Å². The number of rotatable bonds is 5. The van der Waals surface area contributed by atoms with Crippen molar-refractivity contribution in [3.63, 3.8) is 0 Å². The summed E-state index contributed by atoms with van der Waals surface area (Å²) in [6, 6.07) is 1.67. The van der Waals surface area contributed by atoms with E-state index in [1.54, 1.807) is 41.0 Å². The minimum absolute atomic E-state index is 0.0246. The maximum Gasteiger partial charge on any atom is 0.254 e. The molecule has 1 rings (SSSR count). The van der Waals surface area contributed by atoms with Crippen molar-refractivity contribution in [3.05, 3.63) is 28.3 Å². The maximum atomic E-state index is 12.5. The van der Waals surface area contributed by atoms with Crippen LogP contribution >= 0.6 is 0 Å². The van der Waals surface area contributed by atoms with Crippen molar-refractivity contribution in [1.82, 2.24) is 4.90 Å². The molecule has 0 fully saturated rings. The van der Waals surface area contributed by atoms with Gasteiger partial charge in [0.15, 0.2) is 0 Å². The summed E-state index contributed by atoms with van der Waals surface area (Å²) in [4.78, 5) is 14.0. The van der Waals surface area contributed by atoms with Crippen molar-refractivity contribution in [2.75, 3.05) is 27.3 Å². The summed E-state index contributed by atoms with van der Waals surface area (Å²) in [5, 5.41) is 5.26. The molecule has 0 radical (unpaired) electrons. The van der Waals surface area contributed by atoms with Gasteiger partial charge < -0.3 is 9.64 Å². The third-order valence-corrected chi connectivity index (χ3v) is 4.57. The number of ether oxygens (including phenoxy) is 1. The molecule has 0 aliphatic rings. The van der Waals surface area contributed by atoms with Gasteiger partial charge in [0, 0.05) is 26.3 Å². The van der Waals surface area contributed by atoms with Gasteiger partial charge in [0.05, 0.1) is 11.5 Å². The lowest BCUT2D eigenvalue weighted by molar-refractivity contribution is 0.0742. The molecule has 7 heteroatoms. The molecule has 0 spiro atoms. The summed E-state index contributed by atoms with van der Waals surface area (Å²) in [6.07, 6.45) is 0. The van der Waals surface area contributed by atoms with E-state index in [1.807, 2.05) is 0 Å². The molecule has 6 nitrogen and oxygen atoms in total. The number of methoxy groups -OCH3 is 1.